The minimum atomic E-state index is -0.653. The standard InChI is InChI=1S/C18H17ClN2O5/c1-10(11-3-5-15-16(7-11)26-9-25-15)21-17(22)8-24-18(23)12-2-4-13(19)14(20)6-12/h2-7,10H,8-9,20H2,1H3,(H,21,22)/t10-/m1/s1. The summed E-state index contributed by atoms with van der Waals surface area (Å²) in [6.45, 7) is 1.60. The van der Waals surface area contributed by atoms with Crippen LogP contribution in [0.15, 0.2) is 36.4 Å². The molecule has 1 heterocycles. The van der Waals surface area contributed by atoms with Gasteiger partial charge in [0.25, 0.3) is 5.91 Å². The SMILES string of the molecule is C[C@@H](NC(=O)COC(=O)c1ccc(Cl)c(N)c1)c1ccc2c(c1)OCO2. The molecule has 1 aliphatic heterocycles. The van der Waals surface area contributed by atoms with Gasteiger partial charge in [-0.3, -0.25) is 4.79 Å². The van der Waals surface area contributed by atoms with Gasteiger partial charge in [-0.05, 0) is 42.8 Å². The molecular weight excluding hydrogens is 360 g/mol. The van der Waals surface area contributed by atoms with Crippen molar-refractivity contribution in [1.29, 1.82) is 0 Å². The van der Waals surface area contributed by atoms with Crippen molar-refractivity contribution >= 4 is 29.2 Å². The third-order valence-corrected chi connectivity index (χ3v) is 4.18. The van der Waals surface area contributed by atoms with E-state index in [1.807, 2.05) is 13.0 Å². The predicted molar refractivity (Wildman–Crippen MR) is 95.3 cm³/mol. The minimum absolute atomic E-state index is 0.185. The third-order valence-electron chi connectivity index (χ3n) is 3.84. The first kappa shape index (κ1) is 17.9. The Hall–Kier alpha value is -2.93. The number of nitrogens with two attached hydrogens (primary N) is 1. The second-order valence-electron chi connectivity index (χ2n) is 5.71. The first-order valence-corrected chi connectivity index (χ1v) is 8.23. The van der Waals surface area contributed by atoms with Gasteiger partial charge in [0.1, 0.15) is 0 Å². The summed E-state index contributed by atoms with van der Waals surface area (Å²) in [6, 6.07) is 9.50. The molecule has 136 valence electrons. The Kier molecular flexibility index (Phi) is 5.18. The van der Waals surface area contributed by atoms with Gasteiger partial charge in [-0.1, -0.05) is 17.7 Å². The van der Waals surface area contributed by atoms with Crippen LogP contribution >= 0.6 is 11.6 Å². The monoisotopic (exact) mass is 376 g/mol. The number of halogens is 1. The van der Waals surface area contributed by atoms with Gasteiger partial charge in [0.05, 0.1) is 22.3 Å². The van der Waals surface area contributed by atoms with Crippen molar-refractivity contribution in [2.45, 2.75) is 13.0 Å². The third kappa shape index (κ3) is 4.00. The molecule has 2 aromatic carbocycles. The van der Waals surface area contributed by atoms with Crippen LogP contribution in [0.4, 0.5) is 5.69 Å². The largest absolute Gasteiger partial charge is 0.454 e. The van der Waals surface area contributed by atoms with Crippen LogP contribution in [0.5, 0.6) is 11.5 Å². The number of esters is 1. The summed E-state index contributed by atoms with van der Waals surface area (Å²) in [6.07, 6.45) is 0. The van der Waals surface area contributed by atoms with Gasteiger partial charge < -0.3 is 25.3 Å². The number of benzene rings is 2. The fraction of sp³-hybridized carbons (Fsp3) is 0.222. The summed E-state index contributed by atoms with van der Waals surface area (Å²) in [5.41, 5.74) is 6.98. The van der Waals surface area contributed by atoms with Crippen molar-refractivity contribution in [1.82, 2.24) is 5.32 Å². The summed E-state index contributed by atoms with van der Waals surface area (Å²) in [4.78, 5) is 24.0. The topological polar surface area (TPSA) is 99.9 Å². The highest BCUT2D eigenvalue weighted by atomic mass is 35.5. The maximum absolute atomic E-state index is 12.0. The summed E-state index contributed by atoms with van der Waals surface area (Å²) < 4.78 is 15.6. The maximum atomic E-state index is 12.0. The molecule has 1 amide bonds. The Morgan fingerprint density at radius 3 is 2.77 bits per heavy atom. The van der Waals surface area contributed by atoms with Crippen LogP contribution in [0.25, 0.3) is 0 Å². The molecule has 3 rings (SSSR count). The molecule has 0 bridgehead atoms. The molecule has 0 fully saturated rings. The van der Waals surface area contributed by atoms with Crippen LogP contribution in [0, 0.1) is 0 Å². The number of carbonyl (C=O) groups is 2. The highest BCUT2D eigenvalue weighted by Crippen LogP contribution is 2.34. The van der Waals surface area contributed by atoms with Gasteiger partial charge in [0.15, 0.2) is 18.1 Å². The van der Waals surface area contributed by atoms with Crippen LogP contribution in [-0.4, -0.2) is 25.3 Å². The number of ether oxygens (including phenoxy) is 3. The fourth-order valence-corrected chi connectivity index (χ4v) is 2.55. The Labute approximate surface area is 155 Å². The molecule has 2 aromatic rings. The zero-order valence-corrected chi connectivity index (χ0v) is 14.7. The van der Waals surface area contributed by atoms with Gasteiger partial charge in [0.2, 0.25) is 6.79 Å². The van der Waals surface area contributed by atoms with Crippen molar-refractivity contribution in [3.8, 4) is 11.5 Å². The van der Waals surface area contributed by atoms with E-state index in [4.69, 9.17) is 31.5 Å². The van der Waals surface area contributed by atoms with E-state index in [0.717, 1.165) is 5.56 Å². The normalized spacial score (nSPS) is 13.2. The molecule has 3 N–H and O–H groups in total. The summed E-state index contributed by atoms with van der Waals surface area (Å²) in [5, 5.41) is 3.10. The molecule has 1 atom stereocenters. The first-order chi connectivity index (χ1) is 12.4. The minimum Gasteiger partial charge on any atom is -0.454 e. The summed E-state index contributed by atoms with van der Waals surface area (Å²) >= 11 is 5.81. The lowest BCUT2D eigenvalue weighted by atomic mass is 10.1. The number of hydrogen-bond donors (Lipinski definition) is 2. The lowest BCUT2D eigenvalue weighted by Crippen LogP contribution is -2.31. The second-order valence-corrected chi connectivity index (χ2v) is 6.12. The molecule has 0 unspecified atom stereocenters. The number of nitrogens with one attached hydrogen (secondary N) is 1. The van der Waals surface area contributed by atoms with E-state index in [1.54, 1.807) is 12.1 Å². The van der Waals surface area contributed by atoms with Gasteiger partial charge in [-0.25, -0.2) is 4.79 Å². The molecule has 0 radical (unpaired) electrons. The Balaban J connectivity index is 1.53. The van der Waals surface area contributed by atoms with E-state index in [0.29, 0.717) is 16.5 Å². The number of anilines is 1. The van der Waals surface area contributed by atoms with Crippen LogP contribution < -0.4 is 20.5 Å². The lowest BCUT2D eigenvalue weighted by Gasteiger charge is -2.15. The quantitative estimate of drug-likeness (QED) is 0.614. The van der Waals surface area contributed by atoms with Crippen molar-refractivity contribution in [2.75, 3.05) is 19.1 Å². The first-order valence-electron chi connectivity index (χ1n) is 7.85. The molecule has 0 aromatic heterocycles. The summed E-state index contributed by atoms with van der Waals surface area (Å²) in [7, 11) is 0. The van der Waals surface area contributed by atoms with Crippen molar-refractivity contribution in [2.24, 2.45) is 0 Å². The zero-order valence-electron chi connectivity index (χ0n) is 14.0. The summed E-state index contributed by atoms with van der Waals surface area (Å²) in [5.74, 6) is 0.225. The number of nitrogen functional groups attached to an aromatic ring is 1. The highest BCUT2D eigenvalue weighted by molar-refractivity contribution is 6.33. The Bertz CT molecular complexity index is 855. The fourth-order valence-electron chi connectivity index (χ4n) is 2.43. The van der Waals surface area contributed by atoms with Crippen molar-refractivity contribution in [3.63, 3.8) is 0 Å². The molecular formula is C18H17ClN2O5. The number of carbonyl (C=O) groups excluding carboxylic acids is 2. The van der Waals surface area contributed by atoms with E-state index in [-0.39, 0.29) is 24.1 Å². The van der Waals surface area contributed by atoms with Crippen molar-refractivity contribution < 1.29 is 23.8 Å². The van der Waals surface area contributed by atoms with E-state index < -0.39 is 18.5 Å². The molecule has 0 saturated heterocycles. The van der Waals surface area contributed by atoms with Gasteiger partial charge in [-0.2, -0.15) is 0 Å². The zero-order chi connectivity index (χ0) is 18.7. The predicted octanol–water partition coefficient (Wildman–Crippen LogP) is 2.69. The molecule has 0 aliphatic carbocycles. The number of hydrogen-bond acceptors (Lipinski definition) is 6. The lowest BCUT2D eigenvalue weighted by molar-refractivity contribution is -0.124. The van der Waals surface area contributed by atoms with E-state index >= 15 is 0 Å². The van der Waals surface area contributed by atoms with E-state index in [9.17, 15) is 9.59 Å². The van der Waals surface area contributed by atoms with E-state index in [1.165, 1.54) is 18.2 Å². The Morgan fingerprint density at radius 1 is 1.23 bits per heavy atom. The van der Waals surface area contributed by atoms with Gasteiger partial charge in [0, 0.05) is 0 Å². The van der Waals surface area contributed by atoms with Crippen molar-refractivity contribution in [3.05, 3.63) is 52.5 Å². The molecule has 7 nitrogen and oxygen atoms in total. The number of rotatable bonds is 5. The highest BCUT2D eigenvalue weighted by Gasteiger charge is 2.18. The molecule has 26 heavy (non-hydrogen) atoms. The average Bonchev–Trinajstić information content (AvgIpc) is 3.09. The molecule has 0 spiro atoms. The van der Waals surface area contributed by atoms with Crippen LogP contribution in [-0.2, 0) is 9.53 Å². The van der Waals surface area contributed by atoms with Gasteiger partial charge >= 0.3 is 5.97 Å². The maximum Gasteiger partial charge on any atom is 0.338 e. The number of fused-ring (bicyclic) bond motifs is 1. The second kappa shape index (κ2) is 7.53. The van der Waals surface area contributed by atoms with Gasteiger partial charge in [-0.15, -0.1) is 0 Å². The Morgan fingerprint density at radius 2 is 2.00 bits per heavy atom. The van der Waals surface area contributed by atoms with Crippen LogP contribution in [0.2, 0.25) is 5.02 Å². The smallest absolute Gasteiger partial charge is 0.338 e. The van der Waals surface area contributed by atoms with E-state index in [2.05, 4.69) is 5.32 Å². The average molecular weight is 377 g/mol. The van der Waals surface area contributed by atoms with Crippen LogP contribution in [0.3, 0.4) is 0 Å². The number of amides is 1. The van der Waals surface area contributed by atoms with Crippen LogP contribution in [0.1, 0.15) is 28.9 Å². The molecule has 0 saturated carbocycles. The molecule has 1 aliphatic rings. The molecule has 8 heteroatoms.